The highest BCUT2D eigenvalue weighted by Gasteiger charge is 2.50. The van der Waals surface area contributed by atoms with Crippen LogP contribution in [-0.2, 0) is 17.4 Å². The molecule has 2 N–H and O–H groups in total. The van der Waals surface area contributed by atoms with Gasteiger partial charge in [-0.15, -0.1) is 0 Å². The topological polar surface area (TPSA) is 84.6 Å². The Morgan fingerprint density at radius 2 is 2.31 bits per heavy atom. The molecule has 1 aliphatic carbocycles. The maximum atomic E-state index is 10.7. The van der Waals surface area contributed by atoms with Gasteiger partial charge in [0.05, 0.1) is 19.2 Å². The molecule has 0 saturated heterocycles. The van der Waals surface area contributed by atoms with E-state index < -0.39 is 17.5 Å². The molecule has 1 saturated carbocycles. The van der Waals surface area contributed by atoms with Crippen LogP contribution in [-0.4, -0.2) is 33.1 Å². The summed E-state index contributed by atoms with van der Waals surface area (Å²) in [7, 11) is 3.20. The molecular weight excluding hydrogens is 212 g/mol. The second-order valence-electron chi connectivity index (χ2n) is 4.16. The van der Waals surface area contributed by atoms with Crippen LogP contribution < -0.4 is 4.74 Å². The highest BCUT2D eigenvalue weighted by Crippen LogP contribution is 2.48. The molecule has 0 spiro atoms. The number of carbonyl (C=O) groups is 1. The molecule has 16 heavy (non-hydrogen) atoms. The molecule has 0 radical (unpaired) electrons. The van der Waals surface area contributed by atoms with Gasteiger partial charge in [-0.1, -0.05) is 0 Å². The zero-order chi connectivity index (χ0) is 11.9. The molecule has 1 aromatic heterocycles. The molecule has 0 bridgehead atoms. The zero-order valence-electron chi connectivity index (χ0n) is 9.17. The van der Waals surface area contributed by atoms with Gasteiger partial charge >= 0.3 is 5.97 Å². The van der Waals surface area contributed by atoms with Crippen LogP contribution in [0.1, 0.15) is 18.5 Å². The molecule has 0 aromatic carbocycles. The number of ether oxygens (including phenoxy) is 1. The summed E-state index contributed by atoms with van der Waals surface area (Å²) in [5.41, 5.74) is -0.577. The summed E-state index contributed by atoms with van der Waals surface area (Å²) in [6.45, 7) is 0. The van der Waals surface area contributed by atoms with E-state index in [1.54, 1.807) is 7.05 Å². The number of carboxylic acids is 1. The van der Waals surface area contributed by atoms with Crippen molar-refractivity contribution in [3.63, 3.8) is 0 Å². The first kappa shape index (κ1) is 10.9. The lowest BCUT2D eigenvalue weighted by Gasteiger charge is -2.41. The largest absolute Gasteiger partial charge is 0.493 e. The van der Waals surface area contributed by atoms with Gasteiger partial charge in [0.25, 0.3) is 0 Å². The summed E-state index contributed by atoms with van der Waals surface area (Å²) in [5, 5.41) is 23.1. The normalized spacial score (nSPS) is 28.6. The SMILES string of the molecule is COc1cnn(C)c1C1(O)CC(C(=O)O)C1. The predicted octanol–water partition coefficient (Wildman–Crippen LogP) is 0.111. The van der Waals surface area contributed by atoms with E-state index >= 15 is 0 Å². The van der Waals surface area contributed by atoms with Crippen LogP contribution in [0, 0.1) is 5.92 Å². The minimum Gasteiger partial charge on any atom is -0.493 e. The van der Waals surface area contributed by atoms with Gasteiger partial charge in [-0.05, 0) is 12.8 Å². The highest BCUT2D eigenvalue weighted by molar-refractivity contribution is 5.72. The van der Waals surface area contributed by atoms with E-state index in [0.29, 0.717) is 11.4 Å². The quantitative estimate of drug-likeness (QED) is 0.764. The van der Waals surface area contributed by atoms with Crippen LogP contribution in [0.3, 0.4) is 0 Å². The molecule has 1 heterocycles. The van der Waals surface area contributed by atoms with Crippen LogP contribution in [0.5, 0.6) is 5.75 Å². The third kappa shape index (κ3) is 1.46. The van der Waals surface area contributed by atoms with Crippen molar-refractivity contribution in [2.75, 3.05) is 7.11 Å². The molecule has 2 rings (SSSR count). The number of aliphatic carboxylic acids is 1. The molecule has 1 fully saturated rings. The summed E-state index contributed by atoms with van der Waals surface area (Å²) < 4.78 is 6.62. The van der Waals surface area contributed by atoms with Crippen molar-refractivity contribution in [3.8, 4) is 5.75 Å². The Kier molecular flexibility index (Phi) is 2.38. The van der Waals surface area contributed by atoms with E-state index in [-0.39, 0.29) is 12.8 Å². The monoisotopic (exact) mass is 226 g/mol. The molecule has 0 amide bonds. The first-order chi connectivity index (χ1) is 7.48. The third-order valence-corrected chi connectivity index (χ3v) is 3.08. The number of carboxylic acid groups (broad SMARTS) is 1. The van der Waals surface area contributed by atoms with Gasteiger partial charge in [-0.3, -0.25) is 9.48 Å². The average molecular weight is 226 g/mol. The lowest BCUT2D eigenvalue weighted by molar-refractivity contribution is -0.160. The molecule has 1 aliphatic rings. The number of hydrogen-bond acceptors (Lipinski definition) is 4. The van der Waals surface area contributed by atoms with Gasteiger partial charge in [0.2, 0.25) is 0 Å². The Morgan fingerprint density at radius 3 is 2.81 bits per heavy atom. The van der Waals surface area contributed by atoms with Gasteiger partial charge in [0.15, 0.2) is 5.75 Å². The Hall–Kier alpha value is -1.56. The maximum Gasteiger partial charge on any atom is 0.306 e. The smallest absolute Gasteiger partial charge is 0.306 e. The summed E-state index contributed by atoms with van der Waals surface area (Å²) in [5.74, 6) is -0.857. The standard InChI is InChI=1S/C10H14N2O4/c1-12-8(7(16-2)5-11-12)10(15)3-6(4-10)9(13)14/h5-6,15H,3-4H2,1-2H3,(H,13,14). The van der Waals surface area contributed by atoms with E-state index in [2.05, 4.69) is 5.10 Å². The van der Waals surface area contributed by atoms with Crippen LogP contribution in [0.15, 0.2) is 6.20 Å². The number of hydrogen-bond donors (Lipinski definition) is 2. The number of methoxy groups -OCH3 is 1. The Balaban J connectivity index is 2.25. The first-order valence-electron chi connectivity index (χ1n) is 4.99. The zero-order valence-corrected chi connectivity index (χ0v) is 9.17. The Morgan fingerprint density at radius 1 is 1.69 bits per heavy atom. The van der Waals surface area contributed by atoms with Crippen LogP contribution in [0.25, 0.3) is 0 Å². The lowest BCUT2D eigenvalue weighted by Crippen LogP contribution is -2.45. The van der Waals surface area contributed by atoms with Crippen molar-refractivity contribution in [3.05, 3.63) is 11.9 Å². The van der Waals surface area contributed by atoms with Crippen molar-refractivity contribution in [1.82, 2.24) is 9.78 Å². The van der Waals surface area contributed by atoms with Crippen molar-refractivity contribution in [1.29, 1.82) is 0 Å². The van der Waals surface area contributed by atoms with Crippen LogP contribution in [0.2, 0.25) is 0 Å². The number of nitrogens with zero attached hydrogens (tertiary/aromatic N) is 2. The Bertz CT molecular complexity index is 420. The maximum absolute atomic E-state index is 10.7. The summed E-state index contributed by atoms with van der Waals surface area (Å²) >= 11 is 0. The second kappa shape index (κ2) is 3.48. The van der Waals surface area contributed by atoms with Gasteiger partial charge in [0.1, 0.15) is 11.3 Å². The fourth-order valence-electron chi connectivity index (χ4n) is 2.22. The van der Waals surface area contributed by atoms with Gasteiger partial charge in [0, 0.05) is 7.05 Å². The lowest BCUT2D eigenvalue weighted by atomic mass is 9.69. The van der Waals surface area contributed by atoms with Gasteiger partial charge < -0.3 is 14.9 Å². The summed E-state index contributed by atoms with van der Waals surface area (Å²) in [6.07, 6.45) is 1.93. The number of aryl methyl sites for hydroxylation is 1. The fourth-order valence-corrected chi connectivity index (χ4v) is 2.22. The first-order valence-corrected chi connectivity index (χ1v) is 4.99. The van der Waals surface area contributed by atoms with E-state index in [0.717, 1.165) is 0 Å². The predicted molar refractivity (Wildman–Crippen MR) is 54.0 cm³/mol. The van der Waals surface area contributed by atoms with E-state index in [9.17, 15) is 9.90 Å². The summed E-state index contributed by atoms with van der Waals surface area (Å²) in [4.78, 5) is 10.7. The van der Waals surface area contributed by atoms with Crippen molar-refractivity contribution in [2.24, 2.45) is 13.0 Å². The number of rotatable bonds is 3. The molecule has 88 valence electrons. The van der Waals surface area contributed by atoms with E-state index in [1.807, 2.05) is 0 Å². The molecule has 0 unspecified atom stereocenters. The molecule has 6 heteroatoms. The molecule has 6 nitrogen and oxygen atoms in total. The fraction of sp³-hybridized carbons (Fsp3) is 0.600. The highest BCUT2D eigenvalue weighted by atomic mass is 16.5. The molecular formula is C10H14N2O4. The molecule has 0 aliphatic heterocycles. The number of aliphatic hydroxyl groups is 1. The summed E-state index contributed by atoms with van der Waals surface area (Å²) in [6, 6.07) is 0. The van der Waals surface area contributed by atoms with E-state index in [1.165, 1.54) is 18.0 Å². The minimum absolute atomic E-state index is 0.207. The number of aromatic nitrogens is 2. The van der Waals surface area contributed by atoms with Crippen molar-refractivity contribution < 1.29 is 19.7 Å². The van der Waals surface area contributed by atoms with Crippen molar-refractivity contribution >= 4 is 5.97 Å². The second-order valence-corrected chi connectivity index (χ2v) is 4.16. The third-order valence-electron chi connectivity index (χ3n) is 3.08. The Labute approximate surface area is 92.5 Å². The minimum atomic E-state index is -1.13. The van der Waals surface area contributed by atoms with Crippen LogP contribution in [0.4, 0.5) is 0 Å². The van der Waals surface area contributed by atoms with Crippen molar-refractivity contribution in [2.45, 2.75) is 18.4 Å². The average Bonchev–Trinajstić information content (AvgIpc) is 2.54. The molecule has 1 aromatic rings. The van der Waals surface area contributed by atoms with Crippen LogP contribution >= 0.6 is 0 Å². The van der Waals surface area contributed by atoms with Gasteiger partial charge in [-0.25, -0.2) is 0 Å². The van der Waals surface area contributed by atoms with Gasteiger partial charge in [-0.2, -0.15) is 5.10 Å². The van der Waals surface area contributed by atoms with E-state index in [4.69, 9.17) is 9.84 Å². The molecule has 0 atom stereocenters.